The van der Waals surface area contributed by atoms with E-state index in [1.54, 1.807) is 41.5 Å². The van der Waals surface area contributed by atoms with Crippen LogP contribution in [0.25, 0.3) is 93.7 Å². The summed E-state index contributed by atoms with van der Waals surface area (Å²) in [6.45, 7) is 76.1. The molecule has 24 nitrogen and oxygen atoms in total. The van der Waals surface area contributed by atoms with Crippen molar-refractivity contribution in [1.29, 1.82) is 0 Å². The molecule has 6 atom stereocenters. The smallest absolute Gasteiger partial charge is 0.481 e. The minimum Gasteiger partial charge on any atom is -0.481 e. The quantitative estimate of drug-likeness (QED) is 0.0228. The molecule has 12 aromatic carbocycles. The number of hydrogen-bond acceptors (Lipinski definition) is 12. The molecule has 0 fully saturated rings. The second kappa shape index (κ2) is 47.3. The first-order valence-corrected chi connectivity index (χ1v) is 42.7. The molecule has 0 aliphatic carbocycles. The number of nitrogens with zero attached hydrogens (tertiary/aromatic N) is 6. The van der Waals surface area contributed by atoms with Gasteiger partial charge in [0, 0.05) is 0 Å². The summed E-state index contributed by atoms with van der Waals surface area (Å²) >= 11 is 0. The van der Waals surface area contributed by atoms with Crippen LogP contribution < -0.4 is 28.4 Å². The van der Waals surface area contributed by atoms with E-state index in [-0.39, 0.29) is 20.1 Å². The number of hydrogen-bond donors (Lipinski definition) is 6. The number of carboxylic acid groups (broad SMARTS) is 6. The first kappa shape index (κ1) is 107. The average Bonchev–Trinajstić information content (AvgIpc) is 0.833. The SMILES string of the molecule is [C-]#[N+]CC(C)(C)Oc1ccc2cc([C@H](C)C(=O)O)ccc2c1.[C-]#[N+]CC(C)(C)Oc1ccc2cc([C@H](C)C(=O)O)ccc2c1.[C-]#[N+]CC(C)(C)Oc1ccc2cc([C@H](C)C(=O)O)ccc2c1.[C-]#[N+]CC(C)(C)Oc1ccc2cc([C@H](C)C(=O)O)ccc2c1.[C-]#[N+]CC(C)(C)Oc1ccc2cc([C@H](C)C(=O)O)ccc2c1.[C-]#[N+]CC(C)(C)Oc1ccc2cc([C@H](C)C(=O)O)ccc2c1.[Tc+6]. The summed E-state index contributed by atoms with van der Waals surface area (Å²) in [6.07, 6.45) is 0. The van der Waals surface area contributed by atoms with E-state index in [1.807, 2.05) is 301 Å². The first-order valence-electron chi connectivity index (χ1n) is 42.7. The zero-order chi connectivity index (χ0) is 98.0. The molecule has 25 heteroatoms. The van der Waals surface area contributed by atoms with E-state index in [1.165, 1.54) is 0 Å². The van der Waals surface area contributed by atoms with E-state index < -0.39 is 105 Å². The minimum atomic E-state index is -0.833. The molecule has 0 amide bonds. The Labute approximate surface area is 791 Å². The molecule has 133 heavy (non-hydrogen) atoms. The van der Waals surface area contributed by atoms with Gasteiger partial charge >= 0.3 is 55.9 Å². The van der Waals surface area contributed by atoms with Gasteiger partial charge in [-0.1, -0.05) is 146 Å². The molecule has 0 heterocycles. The number of ether oxygens (including phenoxy) is 6. The van der Waals surface area contributed by atoms with Crippen molar-refractivity contribution in [2.45, 2.75) is 194 Å². The Morgan fingerprint density at radius 1 is 0.218 bits per heavy atom. The standard InChI is InChI=1S/6C18H19NO3.Tc/c6*1-12(17(20)21)13-5-6-15-10-16(8-7-14(15)9-13)22-18(2,3)11-19-4;/h6*5-10,12H,11H2,1-3H3,(H,20,21);/q;;;;;;+6/t6*12-;/m000000./s1. The van der Waals surface area contributed by atoms with Crippen molar-refractivity contribution < 1.29 is 108 Å². The van der Waals surface area contributed by atoms with Gasteiger partial charge in [-0.3, -0.25) is 28.8 Å². The van der Waals surface area contributed by atoms with Crippen LogP contribution in [0.3, 0.4) is 0 Å². The third-order valence-electron chi connectivity index (χ3n) is 21.4. The molecule has 0 unspecified atom stereocenters. The Morgan fingerprint density at radius 2 is 0.323 bits per heavy atom. The van der Waals surface area contributed by atoms with E-state index >= 15 is 0 Å². The maximum absolute atomic E-state index is 11.1. The molecule has 0 aliphatic heterocycles. The summed E-state index contributed by atoms with van der Waals surface area (Å²) in [5.41, 5.74) is 1.47. The molecule has 12 aromatic rings. The Bertz CT molecular complexity index is 5470. The van der Waals surface area contributed by atoms with Crippen molar-refractivity contribution in [1.82, 2.24) is 0 Å². The topological polar surface area (TPSA) is 305 Å². The van der Waals surface area contributed by atoms with Crippen molar-refractivity contribution >= 4 is 100 Å². The molecule has 0 spiro atoms. The predicted molar refractivity (Wildman–Crippen MR) is 517 cm³/mol. The zero-order valence-electron chi connectivity index (χ0n) is 78.1. The third-order valence-corrected chi connectivity index (χ3v) is 21.4. The van der Waals surface area contributed by atoms with Gasteiger partial charge in [0.1, 0.15) is 34.5 Å². The Balaban J connectivity index is 0.000000245. The zero-order valence-corrected chi connectivity index (χ0v) is 80.0. The molecular weight excluding hydrogens is 1770 g/mol. The number of carbonyl (C=O) groups is 6. The molecule has 6 N–H and O–H groups in total. The Hall–Kier alpha value is -14.6. The van der Waals surface area contributed by atoms with Crippen LogP contribution in [0.15, 0.2) is 218 Å². The van der Waals surface area contributed by atoms with E-state index in [2.05, 4.69) is 29.1 Å². The van der Waals surface area contributed by atoms with Crippen LogP contribution in [0.5, 0.6) is 34.5 Å². The van der Waals surface area contributed by atoms with Crippen molar-refractivity contribution in [3.63, 3.8) is 0 Å². The number of carboxylic acids is 6. The minimum absolute atomic E-state index is 0. The fourth-order valence-electron chi connectivity index (χ4n) is 13.6. The van der Waals surface area contributed by atoms with Gasteiger partial charge in [0.25, 0.3) is 39.3 Å². The van der Waals surface area contributed by atoms with E-state index in [0.29, 0.717) is 73.8 Å². The number of aliphatic carboxylic acids is 6. The monoisotopic (exact) mass is 1880 g/mol. The van der Waals surface area contributed by atoms with Gasteiger partial charge in [-0.05, 0) is 295 Å². The van der Waals surface area contributed by atoms with E-state index in [0.717, 1.165) is 98.0 Å². The van der Waals surface area contributed by atoms with Gasteiger partial charge in [-0.25, -0.2) is 39.4 Å². The molecule has 0 saturated heterocycles. The second-order valence-corrected chi connectivity index (χ2v) is 36.0. The number of fused-ring (bicyclic) bond motifs is 6. The maximum Gasteiger partial charge on any atom is 6.00 e. The average molecular weight is 1880 g/mol. The number of benzene rings is 12. The summed E-state index contributed by atoms with van der Waals surface area (Å²) in [6, 6.07) is 67.8. The van der Waals surface area contributed by atoms with Crippen LogP contribution in [0.4, 0.5) is 0 Å². The van der Waals surface area contributed by atoms with Crippen LogP contribution >= 0.6 is 0 Å². The largest absolute Gasteiger partial charge is 6.00 e. The van der Waals surface area contributed by atoms with Crippen molar-refractivity contribution in [2.75, 3.05) is 39.3 Å². The van der Waals surface area contributed by atoms with Gasteiger partial charge in [0.05, 0.1) is 35.5 Å². The summed E-state index contributed by atoms with van der Waals surface area (Å²) in [7, 11) is 0. The molecular formula is C108H114N6O18Tc+6. The predicted octanol–water partition coefficient (Wildman–Crippen LogP) is 24.6. The molecule has 0 bridgehead atoms. The fraction of sp³-hybridized carbons (Fsp3) is 0.333. The summed E-state index contributed by atoms with van der Waals surface area (Å²) in [5, 5.41) is 66.3. The summed E-state index contributed by atoms with van der Waals surface area (Å²) in [5.74, 6) is -3.93. The van der Waals surface area contributed by atoms with E-state index in [4.69, 9.17) is 98.5 Å². The first-order chi connectivity index (χ1) is 61.9. The van der Waals surface area contributed by atoms with Gasteiger partial charge in [-0.15, -0.1) is 0 Å². The van der Waals surface area contributed by atoms with Gasteiger partial charge in [0.15, 0.2) is 33.6 Å². The third kappa shape index (κ3) is 32.5. The van der Waals surface area contributed by atoms with Crippen molar-refractivity contribution in [2.24, 2.45) is 0 Å². The van der Waals surface area contributed by atoms with Crippen LogP contribution in [0.2, 0.25) is 0 Å². The molecule has 1 radical (unpaired) electrons. The molecule has 12 rings (SSSR count). The summed E-state index contributed by atoms with van der Waals surface area (Å²) < 4.78 is 35.2. The number of rotatable bonds is 30. The van der Waals surface area contributed by atoms with Gasteiger partial charge in [-0.2, -0.15) is 0 Å². The van der Waals surface area contributed by atoms with Crippen molar-refractivity contribution in [3.8, 4) is 34.5 Å². The van der Waals surface area contributed by atoms with Crippen LogP contribution in [-0.2, 0) is 48.9 Å². The molecule has 0 aliphatic rings. The van der Waals surface area contributed by atoms with E-state index in [9.17, 15) is 28.8 Å². The van der Waals surface area contributed by atoms with Crippen LogP contribution in [0.1, 0.15) is 194 Å². The second-order valence-electron chi connectivity index (χ2n) is 36.0. The molecule has 0 saturated carbocycles. The normalized spacial score (nSPS) is 12.5. The van der Waals surface area contributed by atoms with Gasteiger partial charge < -0.3 is 88.1 Å². The summed E-state index contributed by atoms with van der Waals surface area (Å²) in [4.78, 5) is 86.7. The fourth-order valence-corrected chi connectivity index (χ4v) is 13.6. The molecule has 685 valence electrons. The van der Waals surface area contributed by atoms with Crippen LogP contribution in [-0.4, -0.2) is 139 Å². The Kier molecular flexibility index (Phi) is 38.1. The van der Waals surface area contributed by atoms with Crippen LogP contribution in [0, 0.1) is 39.4 Å². The van der Waals surface area contributed by atoms with Gasteiger partial charge in [0.2, 0.25) is 0 Å². The molecule has 0 aromatic heterocycles. The maximum atomic E-state index is 11.1. The van der Waals surface area contributed by atoms with Crippen molar-refractivity contribution in [3.05, 3.63) is 320 Å². The Morgan fingerprint density at radius 3 is 0.429 bits per heavy atom.